The lowest BCUT2D eigenvalue weighted by Gasteiger charge is -2.20. The van der Waals surface area contributed by atoms with E-state index in [0.717, 1.165) is 36.3 Å². The average molecular weight is 313 g/mol. The van der Waals surface area contributed by atoms with Crippen molar-refractivity contribution in [1.82, 2.24) is 5.32 Å². The Morgan fingerprint density at radius 2 is 1.74 bits per heavy atom. The maximum atomic E-state index is 9.14. The molecule has 0 radical (unpaired) electrons. The topological polar surface area (TPSA) is 41.5 Å². The number of aryl methyl sites for hydroxylation is 2. The van der Waals surface area contributed by atoms with Crippen LogP contribution in [-0.4, -0.2) is 18.8 Å². The third-order valence-electron chi connectivity index (χ3n) is 4.13. The van der Waals surface area contributed by atoms with Crippen LogP contribution in [0.2, 0.25) is 0 Å². The Labute approximate surface area is 139 Å². The van der Waals surface area contributed by atoms with E-state index in [2.05, 4.69) is 55.6 Å². The molecular formula is C20H27NO2. The monoisotopic (exact) mass is 313 g/mol. The number of hydrogen-bond donors (Lipinski definition) is 2. The summed E-state index contributed by atoms with van der Waals surface area (Å²) in [6.07, 6.45) is 1.72. The molecule has 0 aliphatic carbocycles. The van der Waals surface area contributed by atoms with Gasteiger partial charge in [-0.2, -0.15) is 0 Å². The number of hydrogen-bond acceptors (Lipinski definition) is 3. The van der Waals surface area contributed by atoms with Crippen LogP contribution in [-0.2, 0) is 6.54 Å². The van der Waals surface area contributed by atoms with Crippen molar-refractivity contribution in [3.8, 4) is 5.75 Å². The lowest BCUT2D eigenvalue weighted by Crippen LogP contribution is -2.21. The van der Waals surface area contributed by atoms with Gasteiger partial charge >= 0.3 is 0 Å². The van der Waals surface area contributed by atoms with E-state index in [1.54, 1.807) is 7.11 Å². The molecule has 1 unspecified atom stereocenters. The van der Waals surface area contributed by atoms with Crippen LogP contribution in [0.1, 0.15) is 41.1 Å². The highest BCUT2D eigenvalue weighted by atomic mass is 16.5. The molecule has 124 valence electrons. The van der Waals surface area contributed by atoms with E-state index in [-0.39, 0.29) is 12.6 Å². The summed E-state index contributed by atoms with van der Waals surface area (Å²) in [5.74, 6) is 0.966. The van der Waals surface area contributed by atoms with Crippen LogP contribution in [0.5, 0.6) is 5.75 Å². The maximum Gasteiger partial charge on any atom is 0.124 e. The number of aliphatic hydroxyl groups is 1. The molecule has 3 nitrogen and oxygen atoms in total. The first-order valence-electron chi connectivity index (χ1n) is 8.19. The van der Waals surface area contributed by atoms with Crippen LogP contribution in [0.25, 0.3) is 0 Å². The lowest BCUT2D eigenvalue weighted by atomic mass is 10.0. The minimum atomic E-state index is 0.228. The highest BCUT2D eigenvalue weighted by Crippen LogP contribution is 2.25. The molecule has 0 bridgehead atoms. The zero-order valence-corrected chi connectivity index (χ0v) is 14.3. The molecular weight excluding hydrogens is 286 g/mol. The van der Waals surface area contributed by atoms with E-state index >= 15 is 0 Å². The molecule has 2 aromatic carbocycles. The summed E-state index contributed by atoms with van der Waals surface area (Å²) in [5.41, 5.74) is 4.85. The SMILES string of the molecule is COc1c(C)cc(CNC(CCCO)c2ccccc2)cc1C. The number of aliphatic hydroxyl groups excluding tert-OH is 1. The fourth-order valence-corrected chi connectivity index (χ4v) is 3.07. The van der Waals surface area contributed by atoms with E-state index in [0.29, 0.717) is 0 Å². The number of benzene rings is 2. The smallest absolute Gasteiger partial charge is 0.124 e. The largest absolute Gasteiger partial charge is 0.496 e. The van der Waals surface area contributed by atoms with Crippen molar-refractivity contribution in [2.24, 2.45) is 0 Å². The van der Waals surface area contributed by atoms with Gasteiger partial charge in [-0.3, -0.25) is 0 Å². The molecule has 0 saturated carbocycles. The molecule has 0 heterocycles. The summed E-state index contributed by atoms with van der Waals surface area (Å²) in [4.78, 5) is 0. The molecule has 0 fully saturated rings. The molecule has 2 aromatic rings. The summed E-state index contributed by atoms with van der Waals surface area (Å²) < 4.78 is 5.43. The third kappa shape index (κ3) is 4.81. The first-order chi connectivity index (χ1) is 11.2. The lowest BCUT2D eigenvalue weighted by molar-refractivity contribution is 0.275. The Morgan fingerprint density at radius 1 is 1.09 bits per heavy atom. The van der Waals surface area contributed by atoms with E-state index in [1.807, 2.05) is 6.07 Å². The van der Waals surface area contributed by atoms with E-state index in [1.165, 1.54) is 11.1 Å². The first kappa shape index (κ1) is 17.5. The zero-order chi connectivity index (χ0) is 16.7. The van der Waals surface area contributed by atoms with E-state index in [4.69, 9.17) is 9.84 Å². The van der Waals surface area contributed by atoms with Crippen LogP contribution < -0.4 is 10.1 Å². The Hall–Kier alpha value is -1.84. The van der Waals surface area contributed by atoms with Crippen LogP contribution in [0.15, 0.2) is 42.5 Å². The predicted octanol–water partition coefficient (Wildman–Crippen LogP) is 3.92. The van der Waals surface area contributed by atoms with Gasteiger partial charge in [0.25, 0.3) is 0 Å². The molecule has 23 heavy (non-hydrogen) atoms. The van der Waals surface area contributed by atoms with Crippen molar-refractivity contribution in [2.75, 3.05) is 13.7 Å². The molecule has 0 aliphatic rings. The number of rotatable bonds is 8. The quantitative estimate of drug-likeness (QED) is 0.776. The molecule has 0 aromatic heterocycles. The van der Waals surface area contributed by atoms with E-state index < -0.39 is 0 Å². The predicted molar refractivity (Wildman–Crippen MR) is 94.8 cm³/mol. The molecule has 2 rings (SSSR count). The molecule has 0 aliphatic heterocycles. The van der Waals surface area contributed by atoms with Crippen LogP contribution in [0.4, 0.5) is 0 Å². The van der Waals surface area contributed by atoms with Gasteiger partial charge < -0.3 is 15.2 Å². The van der Waals surface area contributed by atoms with Gasteiger partial charge in [-0.05, 0) is 48.9 Å². The fraction of sp³-hybridized carbons (Fsp3) is 0.400. The van der Waals surface area contributed by atoms with Crippen LogP contribution >= 0.6 is 0 Å². The van der Waals surface area contributed by atoms with Crippen molar-refractivity contribution >= 4 is 0 Å². The van der Waals surface area contributed by atoms with Crippen LogP contribution in [0, 0.1) is 13.8 Å². The highest BCUT2D eigenvalue weighted by Gasteiger charge is 2.11. The van der Waals surface area contributed by atoms with Gasteiger partial charge in [0.1, 0.15) is 5.75 Å². The standard InChI is InChI=1S/C20H27NO2/c1-15-12-17(13-16(2)20(15)23-3)14-21-19(10-7-11-22)18-8-5-4-6-9-18/h4-6,8-9,12-13,19,21-22H,7,10-11,14H2,1-3H3. The second-order valence-electron chi connectivity index (χ2n) is 5.97. The second-order valence-corrected chi connectivity index (χ2v) is 5.97. The highest BCUT2D eigenvalue weighted by molar-refractivity contribution is 5.43. The first-order valence-corrected chi connectivity index (χ1v) is 8.19. The normalized spacial score (nSPS) is 12.2. The Balaban J connectivity index is 2.09. The number of ether oxygens (including phenoxy) is 1. The van der Waals surface area contributed by atoms with Crippen molar-refractivity contribution < 1.29 is 9.84 Å². The molecule has 0 amide bonds. The molecule has 2 N–H and O–H groups in total. The van der Waals surface area contributed by atoms with Gasteiger partial charge in [0.2, 0.25) is 0 Å². The van der Waals surface area contributed by atoms with Crippen molar-refractivity contribution in [3.05, 3.63) is 64.7 Å². The summed E-state index contributed by atoms with van der Waals surface area (Å²) in [5, 5.41) is 12.8. The zero-order valence-electron chi connectivity index (χ0n) is 14.3. The van der Waals surface area contributed by atoms with Gasteiger partial charge in [-0.15, -0.1) is 0 Å². The average Bonchev–Trinajstić information content (AvgIpc) is 2.55. The van der Waals surface area contributed by atoms with Crippen molar-refractivity contribution in [2.45, 2.75) is 39.3 Å². The van der Waals surface area contributed by atoms with Crippen LogP contribution in [0.3, 0.4) is 0 Å². The third-order valence-corrected chi connectivity index (χ3v) is 4.13. The summed E-state index contributed by atoms with van der Waals surface area (Å²) in [7, 11) is 1.72. The summed E-state index contributed by atoms with van der Waals surface area (Å²) >= 11 is 0. The molecule has 0 spiro atoms. The second kappa shape index (κ2) is 8.70. The summed E-state index contributed by atoms with van der Waals surface area (Å²) in [6.45, 7) is 5.19. The minimum absolute atomic E-state index is 0.228. The molecule has 3 heteroatoms. The number of nitrogens with one attached hydrogen (secondary N) is 1. The van der Waals surface area contributed by atoms with Gasteiger partial charge in [-0.25, -0.2) is 0 Å². The fourth-order valence-electron chi connectivity index (χ4n) is 3.07. The maximum absolute atomic E-state index is 9.14. The molecule has 1 atom stereocenters. The van der Waals surface area contributed by atoms with Crippen molar-refractivity contribution in [3.63, 3.8) is 0 Å². The minimum Gasteiger partial charge on any atom is -0.496 e. The molecule has 0 saturated heterocycles. The van der Waals surface area contributed by atoms with E-state index in [9.17, 15) is 0 Å². The Kier molecular flexibility index (Phi) is 6.63. The Morgan fingerprint density at radius 3 is 2.30 bits per heavy atom. The van der Waals surface area contributed by atoms with Gasteiger partial charge in [-0.1, -0.05) is 42.5 Å². The Bertz CT molecular complexity index is 587. The number of methoxy groups -OCH3 is 1. The summed E-state index contributed by atoms with van der Waals surface area (Å²) in [6, 6.07) is 15.0. The van der Waals surface area contributed by atoms with Gasteiger partial charge in [0, 0.05) is 19.2 Å². The van der Waals surface area contributed by atoms with Gasteiger partial charge in [0.05, 0.1) is 7.11 Å². The van der Waals surface area contributed by atoms with Gasteiger partial charge in [0.15, 0.2) is 0 Å². The van der Waals surface area contributed by atoms with Crippen molar-refractivity contribution in [1.29, 1.82) is 0 Å².